The molecule has 0 aromatic heterocycles. The smallest absolute Gasteiger partial charge is 0.261 e. The topological polar surface area (TPSA) is 58.6 Å². The predicted octanol–water partition coefficient (Wildman–Crippen LogP) is 4.15. The van der Waals surface area contributed by atoms with Crippen molar-refractivity contribution >= 4 is 11.8 Å². The summed E-state index contributed by atoms with van der Waals surface area (Å²) in [7, 11) is 0. The zero-order valence-corrected chi connectivity index (χ0v) is 18.7. The van der Waals surface area contributed by atoms with Crippen molar-refractivity contribution < 1.29 is 14.3 Å². The van der Waals surface area contributed by atoms with Crippen LogP contribution in [-0.4, -0.2) is 41.9 Å². The molecule has 2 aromatic carbocycles. The van der Waals surface area contributed by atoms with E-state index in [1.807, 2.05) is 61.5 Å². The Hall–Kier alpha value is -2.82. The highest BCUT2D eigenvalue weighted by molar-refractivity contribution is 5.88. The van der Waals surface area contributed by atoms with E-state index in [1.165, 1.54) is 5.56 Å². The first-order chi connectivity index (χ1) is 15.1. The normalized spacial score (nSPS) is 14.8. The van der Waals surface area contributed by atoms with Crippen LogP contribution in [0.3, 0.4) is 0 Å². The summed E-state index contributed by atoms with van der Waals surface area (Å²) in [6, 6.07) is 17.5. The van der Waals surface area contributed by atoms with Crippen molar-refractivity contribution in [2.24, 2.45) is 0 Å². The summed E-state index contributed by atoms with van der Waals surface area (Å²) in [6.07, 6.45) is 6.00. The molecule has 1 aliphatic rings. The number of nitrogens with zero attached hydrogens (tertiary/aromatic N) is 1. The first kappa shape index (κ1) is 22.9. The molecular formula is C26H34N2O3. The molecule has 2 aromatic rings. The molecule has 5 heteroatoms. The molecule has 3 rings (SSSR count). The predicted molar refractivity (Wildman–Crippen MR) is 123 cm³/mol. The molecule has 31 heavy (non-hydrogen) atoms. The van der Waals surface area contributed by atoms with Crippen LogP contribution < -0.4 is 10.1 Å². The molecule has 166 valence electrons. The fraction of sp³-hybridized carbons (Fsp3) is 0.462. The number of aryl methyl sites for hydroxylation is 1. The fourth-order valence-corrected chi connectivity index (χ4v) is 4.01. The highest BCUT2D eigenvalue weighted by Gasteiger charge is 2.28. The minimum absolute atomic E-state index is 0.0820. The highest BCUT2D eigenvalue weighted by Crippen LogP contribution is 2.18. The monoisotopic (exact) mass is 422 g/mol. The first-order valence-electron chi connectivity index (χ1n) is 11.4. The van der Waals surface area contributed by atoms with Crippen molar-refractivity contribution in [2.45, 2.75) is 64.5 Å². The van der Waals surface area contributed by atoms with Gasteiger partial charge in [0.15, 0.2) is 6.61 Å². The van der Waals surface area contributed by atoms with Crippen molar-refractivity contribution in [2.75, 3.05) is 13.2 Å². The van der Waals surface area contributed by atoms with E-state index in [1.54, 1.807) is 4.90 Å². The van der Waals surface area contributed by atoms with Gasteiger partial charge in [-0.2, -0.15) is 0 Å². The van der Waals surface area contributed by atoms with Gasteiger partial charge in [0, 0.05) is 12.6 Å². The Balaban J connectivity index is 1.63. The van der Waals surface area contributed by atoms with Gasteiger partial charge in [0.2, 0.25) is 5.91 Å². The molecule has 0 heterocycles. The average molecular weight is 423 g/mol. The van der Waals surface area contributed by atoms with Gasteiger partial charge in [-0.3, -0.25) is 9.59 Å². The van der Waals surface area contributed by atoms with Gasteiger partial charge in [-0.25, -0.2) is 0 Å². The Morgan fingerprint density at radius 1 is 1.03 bits per heavy atom. The SMILES string of the molecule is CCc1ccc(OCC(=O)N(CCc2ccccc2)C(C)C(=O)NC2CCCC2)cc1. The van der Waals surface area contributed by atoms with Crippen LogP contribution in [0.15, 0.2) is 54.6 Å². The summed E-state index contributed by atoms with van der Waals surface area (Å²) in [4.78, 5) is 27.6. The number of ether oxygens (including phenoxy) is 1. The Morgan fingerprint density at radius 2 is 1.71 bits per heavy atom. The molecule has 1 N–H and O–H groups in total. The van der Waals surface area contributed by atoms with Crippen LogP contribution in [-0.2, 0) is 22.4 Å². The molecule has 1 saturated carbocycles. The maximum atomic E-state index is 13.1. The molecule has 2 amide bonds. The molecule has 1 aliphatic carbocycles. The molecule has 1 atom stereocenters. The lowest BCUT2D eigenvalue weighted by atomic mass is 10.1. The lowest BCUT2D eigenvalue weighted by Gasteiger charge is -2.29. The van der Waals surface area contributed by atoms with Crippen molar-refractivity contribution in [3.05, 3.63) is 65.7 Å². The average Bonchev–Trinajstić information content (AvgIpc) is 3.31. The standard InChI is InChI=1S/C26H34N2O3/c1-3-21-13-15-24(16-14-21)31-19-25(29)28(18-17-22-9-5-4-6-10-22)20(2)26(30)27-23-11-7-8-12-23/h4-6,9-10,13-16,20,23H,3,7-8,11-12,17-19H2,1-2H3,(H,27,30). The third-order valence-corrected chi connectivity index (χ3v) is 6.05. The Morgan fingerprint density at radius 3 is 2.35 bits per heavy atom. The van der Waals surface area contributed by atoms with Crippen LogP contribution in [0.4, 0.5) is 0 Å². The van der Waals surface area contributed by atoms with Gasteiger partial charge >= 0.3 is 0 Å². The van der Waals surface area contributed by atoms with Gasteiger partial charge in [0.05, 0.1) is 0 Å². The lowest BCUT2D eigenvalue weighted by Crippen LogP contribution is -2.51. The van der Waals surface area contributed by atoms with E-state index in [2.05, 4.69) is 12.2 Å². The zero-order chi connectivity index (χ0) is 22.1. The summed E-state index contributed by atoms with van der Waals surface area (Å²) in [5.74, 6) is 0.404. The van der Waals surface area contributed by atoms with E-state index in [4.69, 9.17) is 4.74 Å². The number of carbonyl (C=O) groups is 2. The van der Waals surface area contributed by atoms with Gasteiger partial charge in [-0.15, -0.1) is 0 Å². The number of carbonyl (C=O) groups excluding carboxylic acids is 2. The van der Waals surface area contributed by atoms with Crippen LogP contribution in [0.25, 0.3) is 0 Å². The number of benzene rings is 2. The summed E-state index contributed by atoms with van der Waals surface area (Å²) >= 11 is 0. The molecule has 0 bridgehead atoms. The van der Waals surface area contributed by atoms with E-state index >= 15 is 0 Å². The zero-order valence-electron chi connectivity index (χ0n) is 18.7. The molecular weight excluding hydrogens is 388 g/mol. The summed E-state index contributed by atoms with van der Waals surface area (Å²) in [5, 5.41) is 3.12. The van der Waals surface area contributed by atoms with E-state index in [0.717, 1.165) is 37.7 Å². The number of hydrogen-bond acceptors (Lipinski definition) is 3. The van der Waals surface area contributed by atoms with Gasteiger partial charge in [0.1, 0.15) is 11.8 Å². The lowest BCUT2D eigenvalue weighted by molar-refractivity contribution is -0.141. The molecule has 0 radical (unpaired) electrons. The first-order valence-corrected chi connectivity index (χ1v) is 11.4. The maximum Gasteiger partial charge on any atom is 0.261 e. The second kappa shape index (κ2) is 11.5. The van der Waals surface area contributed by atoms with Crippen LogP contribution in [0.5, 0.6) is 5.75 Å². The highest BCUT2D eigenvalue weighted by atomic mass is 16.5. The van der Waals surface area contributed by atoms with Crippen LogP contribution in [0, 0.1) is 0 Å². The van der Waals surface area contributed by atoms with Crippen molar-refractivity contribution in [3.63, 3.8) is 0 Å². The molecule has 1 unspecified atom stereocenters. The second-order valence-corrected chi connectivity index (χ2v) is 8.27. The van der Waals surface area contributed by atoms with Crippen molar-refractivity contribution in [1.82, 2.24) is 10.2 Å². The Labute approximate surface area is 185 Å². The molecule has 1 fully saturated rings. The number of nitrogens with one attached hydrogen (secondary N) is 1. The molecule has 0 spiro atoms. The second-order valence-electron chi connectivity index (χ2n) is 8.27. The van der Waals surface area contributed by atoms with Gasteiger partial charge in [-0.1, -0.05) is 62.2 Å². The number of hydrogen-bond donors (Lipinski definition) is 1. The largest absolute Gasteiger partial charge is 0.484 e. The van der Waals surface area contributed by atoms with Crippen molar-refractivity contribution in [1.29, 1.82) is 0 Å². The Kier molecular flexibility index (Phi) is 8.51. The van der Waals surface area contributed by atoms with Gasteiger partial charge in [0.25, 0.3) is 5.91 Å². The quantitative estimate of drug-likeness (QED) is 0.626. The number of amides is 2. The van der Waals surface area contributed by atoms with E-state index in [-0.39, 0.29) is 24.5 Å². The summed E-state index contributed by atoms with van der Waals surface area (Å²) in [6.45, 7) is 4.30. The molecule has 0 saturated heterocycles. The third-order valence-electron chi connectivity index (χ3n) is 6.05. The maximum absolute atomic E-state index is 13.1. The number of rotatable bonds is 10. The Bertz CT molecular complexity index is 829. The van der Waals surface area contributed by atoms with Gasteiger partial charge in [-0.05, 0) is 55.9 Å². The van der Waals surface area contributed by atoms with E-state index in [0.29, 0.717) is 18.7 Å². The van der Waals surface area contributed by atoms with E-state index < -0.39 is 6.04 Å². The molecule has 5 nitrogen and oxygen atoms in total. The van der Waals surface area contributed by atoms with Gasteiger partial charge < -0.3 is 15.0 Å². The minimum atomic E-state index is -0.539. The molecule has 0 aliphatic heterocycles. The van der Waals surface area contributed by atoms with E-state index in [9.17, 15) is 9.59 Å². The fourth-order valence-electron chi connectivity index (χ4n) is 4.01. The van der Waals surface area contributed by atoms with Crippen LogP contribution >= 0.6 is 0 Å². The summed E-state index contributed by atoms with van der Waals surface area (Å²) < 4.78 is 5.74. The van der Waals surface area contributed by atoms with Crippen LogP contribution in [0.1, 0.15) is 50.7 Å². The van der Waals surface area contributed by atoms with Crippen LogP contribution in [0.2, 0.25) is 0 Å². The summed E-state index contributed by atoms with van der Waals surface area (Å²) in [5.41, 5.74) is 2.36. The minimum Gasteiger partial charge on any atom is -0.484 e. The van der Waals surface area contributed by atoms with Crippen molar-refractivity contribution in [3.8, 4) is 5.75 Å². The third kappa shape index (κ3) is 6.84.